The third-order valence-corrected chi connectivity index (χ3v) is 3.14. The van der Waals surface area contributed by atoms with Crippen molar-refractivity contribution >= 4 is 21.8 Å². The normalized spacial score (nSPS) is 11.8. The molecule has 0 bridgehead atoms. The van der Waals surface area contributed by atoms with Gasteiger partial charge in [-0.1, -0.05) is 11.2 Å². The Morgan fingerprint density at radius 1 is 1.44 bits per heavy atom. The van der Waals surface area contributed by atoms with Crippen molar-refractivity contribution in [1.29, 1.82) is 0 Å². The minimum Gasteiger partial charge on any atom is -0.409 e. The number of halogens is 2. The average molecular weight is 312 g/mol. The van der Waals surface area contributed by atoms with E-state index >= 15 is 0 Å². The van der Waals surface area contributed by atoms with Crippen molar-refractivity contribution in [3.8, 4) is 0 Å². The van der Waals surface area contributed by atoms with E-state index in [1.54, 1.807) is 24.3 Å². The molecule has 2 aromatic rings. The first-order valence-corrected chi connectivity index (χ1v) is 5.98. The number of hydrogen-bond donors (Lipinski definition) is 2. The average Bonchev–Trinajstić information content (AvgIpc) is 2.81. The van der Waals surface area contributed by atoms with Gasteiger partial charge in [0.2, 0.25) is 0 Å². The zero-order valence-corrected chi connectivity index (χ0v) is 10.9. The van der Waals surface area contributed by atoms with Gasteiger partial charge in [0.25, 0.3) is 0 Å². The summed E-state index contributed by atoms with van der Waals surface area (Å²) in [5.74, 6) is -0.260. The summed E-state index contributed by atoms with van der Waals surface area (Å²) in [7, 11) is 0. The summed E-state index contributed by atoms with van der Waals surface area (Å²) in [6, 6.07) is 8.33. The fraction of sp³-hybridized carbons (Fsp3) is 0.0833. The molecule has 0 fully saturated rings. The van der Waals surface area contributed by atoms with Crippen molar-refractivity contribution in [2.24, 2.45) is 10.9 Å². The minimum absolute atomic E-state index is 0.0428. The van der Waals surface area contributed by atoms with Crippen molar-refractivity contribution in [2.45, 2.75) is 6.54 Å². The summed E-state index contributed by atoms with van der Waals surface area (Å²) >= 11 is 3.14. The van der Waals surface area contributed by atoms with Crippen LogP contribution in [0.1, 0.15) is 11.3 Å². The quantitative estimate of drug-likeness (QED) is 0.396. The van der Waals surface area contributed by atoms with Crippen LogP contribution in [0.3, 0.4) is 0 Å². The van der Waals surface area contributed by atoms with Crippen molar-refractivity contribution in [2.75, 3.05) is 0 Å². The van der Waals surface area contributed by atoms with E-state index in [0.717, 1.165) is 5.56 Å². The lowest BCUT2D eigenvalue weighted by atomic mass is 10.2. The molecule has 0 saturated carbocycles. The van der Waals surface area contributed by atoms with E-state index in [-0.39, 0.29) is 11.7 Å². The first-order chi connectivity index (χ1) is 8.61. The van der Waals surface area contributed by atoms with Gasteiger partial charge in [-0.25, -0.2) is 4.39 Å². The predicted octanol–water partition coefficient (Wildman–Crippen LogP) is 2.53. The molecule has 94 valence electrons. The zero-order valence-electron chi connectivity index (χ0n) is 9.35. The van der Waals surface area contributed by atoms with Crippen molar-refractivity contribution in [3.05, 3.63) is 58.1 Å². The molecule has 1 aromatic carbocycles. The summed E-state index contributed by atoms with van der Waals surface area (Å²) in [4.78, 5) is 0. The molecule has 0 unspecified atom stereocenters. The Morgan fingerprint density at radius 3 is 2.89 bits per heavy atom. The number of nitrogens with zero attached hydrogens (tertiary/aromatic N) is 2. The molecule has 3 N–H and O–H groups in total. The summed E-state index contributed by atoms with van der Waals surface area (Å²) in [6.07, 6.45) is 1.81. The number of nitrogens with two attached hydrogens (primary N) is 1. The fourth-order valence-corrected chi connectivity index (χ4v) is 2.10. The number of benzene rings is 1. The number of rotatable bonds is 3. The first kappa shape index (κ1) is 12.6. The standard InChI is InChI=1S/C12H11BrFN3O/c13-9-6-8(3-4-10(9)14)7-17-5-1-2-11(17)12(15)16-18/h1-6,18H,7H2,(H2,15,16). The maximum Gasteiger partial charge on any atom is 0.186 e. The summed E-state index contributed by atoms with van der Waals surface area (Å²) in [6.45, 7) is 0.511. The molecule has 4 nitrogen and oxygen atoms in total. The fourth-order valence-electron chi connectivity index (χ4n) is 1.67. The molecule has 1 aromatic heterocycles. The highest BCUT2D eigenvalue weighted by atomic mass is 79.9. The van der Waals surface area contributed by atoms with Gasteiger partial charge in [0.05, 0.1) is 10.2 Å². The van der Waals surface area contributed by atoms with Crippen LogP contribution in [0.25, 0.3) is 0 Å². The monoisotopic (exact) mass is 311 g/mol. The molecule has 6 heteroatoms. The Balaban J connectivity index is 2.29. The molecule has 0 aliphatic carbocycles. The lowest BCUT2D eigenvalue weighted by Gasteiger charge is -2.08. The Labute approximate surface area is 112 Å². The van der Waals surface area contributed by atoms with Crippen LogP contribution in [0.2, 0.25) is 0 Å². The molecule has 1 heterocycles. The molecule has 0 aliphatic heterocycles. The molecule has 0 radical (unpaired) electrons. The van der Waals surface area contributed by atoms with Gasteiger partial charge in [-0.15, -0.1) is 0 Å². The Hall–Kier alpha value is -1.82. The number of aromatic nitrogens is 1. The summed E-state index contributed by atoms with van der Waals surface area (Å²) < 4.78 is 15.3. The van der Waals surface area contributed by atoms with E-state index in [1.807, 2.05) is 10.8 Å². The molecular weight excluding hydrogens is 301 g/mol. The van der Waals surface area contributed by atoms with E-state index in [0.29, 0.717) is 16.7 Å². The first-order valence-electron chi connectivity index (χ1n) is 5.19. The van der Waals surface area contributed by atoms with Crippen LogP contribution in [0, 0.1) is 5.82 Å². The van der Waals surface area contributed by atoms with Crippen molar-refractivity contribution in [3.63, 3.8) is 0 Å². The van der Waals surface area contributed by atoms with Crippen LogP contribution in [0.5, 0.6) is 0 Å². The van der Waals surface area contributed by atoms with Crippen molar-refractivity contribution in [1.82, 2.24) is 4.57 Å². The van der Waals surface area contributed by atoms with Gasteiger partial charge in [0.15, 0.2) is 5.84 Å². The Kier molecular flexibility index (Phi) is 3.66. The maximum atomic E-state index is 13.1. The summed E-state index contributed by atoms with van der Waals surface area (Å²) in [5.41, 5.74) is 7.08. The highest BCUT2D eigenvalue weighted by Gasteiger charge is 2.07. The second-order valence-corrected chi connectivity index (χ2v) is 4.61. The molecule has 0 amide bonds. The molecule has 18 heavy (non-hydrogen) atoms. The molecular formula is C12H11BrFN3O. The molecule has 0 saturated heterocycles. The van der Waals surface area contributed by atoms with E-state index < -0.39 is 0 Å². The van der Waals surface area contributed by atoms with Crippen LogP contribution >= 0.6 is 15.9 Å². The lowest BCUT2D eigenvalue weighted by Crippen LogP contribution is -2.18. The largest absolute Gasteiger partial charge is 0.409 e. The van der Waals surface area contributed by atoms with Crippen LogP contribution in [-0.2, 0) is 6.54 Å². The van der Waals surface area contributed by atoms with E-state index in [9.17, 15) is 4.39 Å². The SMILES string of the molecule is N/C(=N/O)c1cccn1Cc1ccc(F)c(Br)c1. The van der Waals surface area contributed by atoms with Gasteiger partial charge in [-0.2, -0.15) is 0 Å². The van der Waals surface area contributed by atoms with Gasteiger partial charge in [0, 0.05) is 12.7 Å². The van der Waals surface area contributed by atoms with Crippen molar-refractivity contribution < 1.29 is 9.60 Å². The van der Waals surface area contributed by atoms with E-state index in [4.69, 9.17) is 10.9 Å². The number of oxime groups is 1. The van der Waals surface area contributed by atoms with Gasteiger partial charge in [0.1, 0.15) is 5.82 Å². The van der Waals surface area contributed by atoms with Crippen LogP contribution in [0.4, 0.5) is 4.39 Å². The van der Waals surface area contributed by atoms with Gasteiger partial charge >= 0.3 is 0 Å². The van der Waals surface area contributed by atoms with E-state index in [1.165, 1.54) is 6.07 Å². The maximum absolute atomic E-state index is 13.1. The number of amidine groups is 1. The molecule has 0 spiro atoms. The molecule has 2 rings (SSSR count). The highest BCUT2D eigenvalue weighted by molar-refractivity contribution is 9.10. The number of hydrogen-bond acceptors (Lipinski definition) is 2. The lowest BCUT2D eigenvalue weighted by molar-refractivity contribution is 0.318. The van der Waals surface area contributed by atoms with Gasteiger partial charge in [-0.05, 0) is 45.8 Å². The zero-order chi connectivity index (χ0) is 13.1. The third kappa shape index (κ3) is 2.53. The highest BCUT2D eigenvalue weighted by Crippen LogP contribution is 2.18. The topological polar surface area (TPSA) is 63.5 Å². The second-order valence-electron chi connectivity index (χ2n) is 3.76. The van der Waals surface area contributed by atoms with Crippen LogP contribution < -0.4 is 5.73 Å². The Bertz CT molecular complexity index is 595. The smallest absolute Gasteiger partial charge is 0.186 e. The minimum atomic E-state index is -0.303. The molecule has 0 atom stereocenters. The van der Waals surface area contributed by atoms with Crippen LogP contribution in [-0.4, -0.2) is 15.6 Å². The summed E-state index contributed by atoms with van der Waals surface area (Å²) in [5, 5.41) is 11.6. The van der Waals surface area contributed by atoms with Gasteiger partial charge in [-0.3, -0.25) is 0 Å². The van der Waals surface area contributed by atoms with Crippen LogP contribution in [0.15, 0.2) is 46.2 Å². The predicted molar refractivity (Wildman–Crippen MR) is 70.1 cm³/mol. The second kappa shape index (κ2) is 5.22. The molecule has 0 aliphatic rings. The van der Waals surface area contributed by atoms with E-state index in [2.05, 4.69) is 21.1 Å². The van der Waals surface area contributed by atoms with Gasteiger partial charge < -0.3 is 15.5 Å². The third-order valence-electron chi connectivity index (χ3n) is 2.54. The Morgan fingerprint density at radius 2 is 2.22 bits per heavy atom.